The van der Waals surface area contributed by atoms with Crippen molar-refractivity contribution in [2.45, 2.75) is 6.73 Å². The molecule has 1 amide bonds. The van der Waals surface area contributed by atoms with Gasteiger partial charge in [-0.05, 0) is 18.2 Å². The summed E-state index contributed by atoms with van der Waals surface area (Å²) in [5.41, 5.74) is 0.435. The highest BCUT2D eigenvalue weighted by molar-refractivity contribution is 6.32. The van der Waals surface area contributed by atoms with E-state index < -0.39 is 0 Å². The number of amides is 1. The highest BCUT2D eigenvalue weighted by Crippen LogP contribution is 2.23. The lowest BCUT2D eigenvalue weighted by atomic mass is 10.3. The third-order valence-corrected chi connectivity index (χ3v) is 2.67. The van der Waals surface area contributed by atoms with Gasteiger partial charge in [0.2, 0.25) is 0 Å². The van der Waals surface area contributed by atoms with Crippen LogP contribution in [0, 0.1) is 0 Å². The van der Waals surface area contributed by atoms with Gasteiger partial charge in [-0.3, -0.25) is 4.79 Å². The quantitative estimate of drug-likeness (QED) is 0.919. The molecule has 6 heteroatoms. The van der Waals surface area contributed by atoms with E-state index in [0.717, 1.165) is 0 Å². The van der Waals surface area contributed by atoms with Crippen LogP contribution in [0.2, 0.25) is 5.02 Å². The summed E-state index contributed by atoms with van der Waals surface area (Å²) < 4.78 is 6.97. The van der Waals surface area contributed by atoms with E-state index in [9.17, 15) is 4.79 Å². The van der Waals surface area contributed by atoms with E-state index in [4.69, 9.17) is 16.3 Å². The Hall–Kier alpha value is -2.01. The first kappa shape index (κ1) is 12.4. The lowest BCUT2D eigenvalue weighted by Crippen LogP contribution is -2.23. The maximum absolute atomic E-state index is 11.5. The van der Waals surface area contributed by atoms with Crippen molar-refractivity contribution in [1.29, 1.82) is 0 Å². The topological polar surface area (TPSA) is 56.2 Å². The van der Waals surface area contributed by atoms with Gasteiger partial charge in [-0.25, -0.2) is 4.68 Å². The molecular weight excluding hydrogens is 254 g/mol. The number of benzene rings is 1. The highest BCUT2D eigenvalue weighted by atomic mass is 35.5. The van der Waals surface area contributed by atoms with Gasteiger partial charge in [0.15, 0.2) is 6.73 Å². The van der Waals surface area contributed by atoms with Crippen LogP contribution in [0.25, 0.3) is 0 Å². The van der Waals surface area contributed by atoms with Crippen molar-refractivity contribution in [3.63, 3.8) is 0 Å². The van der Waals surface area contributed by atoms with Gasteiger partial charge in [-0.15, -0.1) is 0 Å². The van der Waals surface area contributed by atoms with Gasteiger partial charge in [-0.1, -0.05) is 23.7 Å². The Bertz CT molecular complexity index is 554. The van der Waals surface area contributed by atoms with Crippen LogP contribution in [0.15, 0.2) is 36.5 Å². The van der Waals surface area contributed by atoms with Gasteiger partial charge in [0, 0.05) is 13.2 Å². The van der Waals surface area contributed by atoms with Crippen LogP contribution in [-0.2, 0) is 6.73 Å². The standard InChI is InChI=1S/C12H12ClN3O2/c1-14-12(17)10-6-7-15-16(10)8-18-11-5-3-2-4-9(11)13/h2-7H,8H2,1H3,(H,14,17). The predicted octanol–water partition coefficient (Wildman–Crippen LogP) is 1.93. The fraction of sp³-hybridized carbons (Fsp3) is 0.167. The first-order valence-electron chi connectivity index (χ1n) is 5.33. The second-order valence-electron chi connectivity index (χ2n) is 3.50. The lowest BCUT2D eigenvalue weighted by molar-refractivity contribution is 0.0942. The van der Waals surface area contributed by atoms with E-state index in [1.54, 1.807) is 31.4 Å². The summed E-state index contributed by atoms with van der Waals surface area (Å²) in [6.07, 6.45) is 1.54. The lowest BCUT2D eigenvalue weighted by Gasteiger charge is -2.09. The zero-order valence-corrected chi connectivity index (χ0v) is 10.5. The molecule has 94 valence electrons. The van der Waals surface area contributed by atoms with Crippen LogP contribution >= 0.6 is 11.6 Å². The number of rotatable bonds is 4. The third-order valence-electron chi connectivity index (χ3n) is 2.36. The van der Waals surface area contributed by atoms with E-state index in [-0.39, 0.29) is 12.6 Å². The van der Waals surface area contributed by atoms with E-state index in [2.05, 4.69) is 10.4 Å². The summed E-state index contributed by atoms with van der Waals surface area (Å²) >= 11 is 5.96. The van der Waals surface area contributed by atoms with Crippen LogP contribution in [0.4, 0.5) is 0 Å². The molecule has 0 bridgehead atoms. The number of nitrogens with one attached hydrogen (secondary N) is 1. The van der Waals surface area contributed by atoms with Crippen molar-refractivity contribution in [2.24, 2.45) is 0 Å². The number of nitrogens with zero attached hydrogens (tertiary/aromatic N) is 2. The second kappa shape index (κ2) is 5.55. The molecule has 0 spiro atoms. The van der Waals surface area contributed by atoms with E-state index >= 15 is 0 Å². The maximum atomic E-state index is 11.5. The minimum absolute atomic E-state index is 0.124. The first-order valence-corrected chi connectivity index (χ1v) is 5.71. The van der Waals surface area contributed by atoms with Gasteiger partial charge >= 0.3 is 0 Å². The van der Waals surface area contributed by atoms with Crippen molar-refractivity contribution in [3.8, 4) is 5.75 Å². The molecule has 0 radical (unpaired) electrons. The molecule has 0 aliphatic carbocycles. The van der Waals surface area contributed by atoms with Crippen molar-refractivity contribution in [3.05, 3.63) is 47.2 Å². The van der Waals surface area contributed by atoms with E-state index in [1.165, 1.54) is 4.68 Å². The largest absolute Gasteiger partial charge is 0.470 e. The monoisotopic (exact) mass is 265 g/mol. The van der Waals surface area contributed by atoms with E-state index in [0.29, 0.717) is 16.5 Å². The number of ether oxygens (including phenoxy) is 1. The molecule has 0 saturated heterocycles. The minimum atomic E-state index is -0.213. The SMILES string of the molecule is CNC(=O)c1ccnn1COc1ccccc1Cl. The zero-order chi connectivity index (χ0) is 13.0. The first-order chi connectivity index (χ1) is 8.72. The average Bonchev–Trinajstić information content (AvgIpc) is 2.85. The molecule has 18 heavy (non-hydrogen) atoms. The maximum Gasteiger partial charge on any atom is 0.269 e. The number of carbonyl (C=O) groups is 1. The summed E-state index contributed by atoms with van der Waals surface area (Å²) in [5.74, 6) is 0.341. The number of aromatic nitrogens is 2. The molecular formula is C12H12ClN3O2. The summed E-state index contributed by atoms with van der Waals surface area (Å²) in [6, 6.07) is 8.75. The van der Waals surface area contributed by atoms with Gasteiger partial charge in [-0.2, -0.15) is 5.10 Å². The highest BCUT2D eigenvalue weighted by Gasteiger charge is 2.10. The Balaban J connectivity index is 2.09. The molecule has 0 aliphatic heterocycles. The minimum Gasteiger partial charge on any atom is -0.470 e. The number of halogens is 1. The zero-order valence-electron chi connectivity index (χ0n) is 9.76. The summed E-state index contributed by atoms with van der Waals surface area (Å²) in [5, 5.41) is 7.07. The van der Waals surface area contributed by atoms with Crippen molar-refractivity contribution in [2.75, 3.05) is 7.05 Å². The molecule has 2 aromatic rings. The van der Waals surface area contributed by atoms with Crippen LogP contribution in [-0.4, -0.2) is 22.7 Å². The van der Waals surface area contributed by atoms with Crippen LogP contribution < -0.4 is 10.1 Å². The molecule has 0 unspecified atom stereocenters. The van der Waals surface area contributed by atoms with Crippen LogP contribution in [0.3, 0.4) is 0 Å². The third kappa shape index (κ3) is 2.62. The Morgan fingerprint density at radius 3 is 2.94 bits per heavy atom. The Kier molecular flexibility index (Phi) is 3.84. The van der Waals surface area contributed by atoms with E-state index in [1.807, 2.05) is 12.1 Å². The molecule has 1 aromatic carbocycles. The molecule has 1 N–H and O–H groups in total. The Labute approximate surface area is 109 Å². The number of para-hydroxylation sites is 1. The molecule has 1 heterocycles. The van der Waals surface area contributed by atoms with Gasteiger partial charge in [0.1, 0.15) is 11.4 Å². The average molecular weight is 266 g/mol. The Morgan fingerprint density at radius 1 is 1.44 bits per heavy atom. The second-order valence-corrected chi connectivity index (χ2v) is 3.91. The summed E-state index contributed by atoms with van der Waals surface area (Å²) in [6.45, 7) is 0.124. The normalized spacial score (nSPS) is 10.1. The molecule has 1 aromatic heterocycles. The molecule has 0 saturated carbocycles. The summed E-state index contributed by atoms with van der Waals surface area (Å²) in [7, 11) is 1.56. The molecule has 0 aliphatic rings. The van der Waals surface area contributed by atoms with Crippen molar-refractivity contribution < 1.29 is 9.53 Å². The molecule has 0 atom stereocenters. The number of carbonyl (C=O) groups excluding carboxylic acids is 1. The van der Waals surface area contributed by atoms with Gasteiger partial charge in [0.05, 0.1) is 5.02 Å². The number of hydrogen-bond donors (Lipinski definition) is 1. The van der Waals surface area contributed by atoms with Crippen molar-refractivity contribution in [1.82, 2.24) is 15.1 Å². The van der Waals surface area contributed by atoms with Gasteiger partial charge < -0.3 is 10.1 Å². The molecule has 5 nitrogen and oxygen atoms in total. The fourth-order valence-corrected chi connectivity index (χ4v) is 1.64. The van der Waals surface area contributed by atoms with Crippen molar-refractivity contribution >= 4 is 17.5 Å². The van der Waals surface area contributed by atoms with Crippen LogP contribution in [0.5, 0.6) is 5.75 Å². The smallest absolute Gasteiger partial charge is 0.269 e. The molecule has 2 rings (SSSR count). The Morgan fingerprint density at radius 2 is 2.22 bits per heavy atom. The fourth-order valence-electron chi connectivity index (χ4n) is 1.45. The number of hydrogen-bond acceptors (Lipinski definition) is 3. The molecule has 0 fully saturated rings. The summed E-state index contributed by atoms with van der Waals surface area (Å²) in [4.78, 5) is 11.5. The predicted molar refractivity (Wildman–Crippen MR) is 67.7 cm³/mol. The van der Waals surface area contributed by atoms with Gasteiger partial charge in [0.25, 0.3) is 5.91 Å². The van der Waals surface area contributed by atoms with Crippen LogP contribution in [0.1, 0.15) is 10.5 Å².